The second kappa shape index (κ2) is 6.95. The zero-order valence-corrected chi connectivity index (χ0v) is 11.2. The molecule has 0 amide bonds. The molecule has 0 aromatic carbocycles. The van der Waals surface area contributed by atoms with E-state index in [2.05, 4.69) is 58.0 Å². The molecule has 1 aliphatic rings. The first-order valence-corrected chi connectivity index (χ1v) is 6.59. The highest BCUT2D eigenvalue weighted by molar-refractivity contribution is 6.39. The predicted molar refractivity (Wildman–Crippen MR) is 73.6 cm³/mol. The number of hydrogen-bond acceptors (Lipinski definition) is 1. The van der Waals surface area contributed by atoms with Crippen LogP contribution in [0.4, 0.5) is 0 Å². The summed E-state index contributed by atoms with van der Waals surface area (Å²) >= 11 is 0. The SMILES string of the molecule is CC(C)N([B]/C=C/C1=CCCCC1)C(C)C. The molecule has 1 aliphatic carbocycles. The van der Waals surface area contributed by atoms with Crippen molar-refractivity contribution < 1.29 is 0 Å². The molecule has 0 saturated heterocycles. The van der Waals surface area contributed by atoms with Gasteiger partial charge >= 0.3 is 0 Å². The Labute approximate surface area is 102 Å². The van der Waals surface area contributed by atoms with Gasteiger partial charge in [0, 0.05) is 0 Å². The van der Waals surface area contributed by atoms with Crippen LogP contribution in [0.2, 0.25) is 0 Å². The van der Waals surface area contributed by atoms with Gasteiger partial charge in [0.25, 0.3) is 0 Å². The quantitative estimate of drug-likeness (QED) is 0.635. The van der Waals surface area contributed by atoms with Crippen LogP contribution in [0, 0.1) is 0 Å². The van der Waals surface area contributed by atoms with Crippen LogP contribution in [0.25, 0.3) is 0 Å². The van der Waals surface area contributed by atoms with Crippen molar-refractivity contribution >= 4 is 7.41 Å². The second-order valence-electron chi connectivity index (χ2n) is 5.17. The molecule has 0 unspecified atom stereocenters. The van der Waals surface area contributed by atoms with Crippen LogP contribution in [0.5, 0.6) is 0 Å². The van der Waals surface area contributed by atoms with Crippen molar-refractivity contribution in [3.05, 3.63) is 23.7 Å². The standard InChI is InChI=1S/C14H25BN/c1-12(2)16(13(3)4)15-11-10-14-8-6-5-7-9-14/h8,10-13H,5-7,9H2,1-4H3/b11-10+. The van der Waals surface area contributed by atoms with Crippen molar-refractivity contribution in [1.82, 2.24) is 4.81 Å². The summed E-state index contributed by atoms with van der Waals surface area (Å²) in [5.41, 5.74) is 1.51. The van der Waals surface area contributed by atoms with Crippen molar-refractivity contribution in [3.63, 3.8) is 0 Å². The zero-order valence-electron chi connectivity index (χ0n) is 11.2. The Morgan fingerprint density at radius 2 is 1.88 bits per heavy atom. The monoisotopic (exact) mass is 218 g/mol. The number of nitrogens with zero attached hydrogens (tertiary/aromatic N) is 1. The van der Waals surface area contributed by atoms with Crippen molar-refractivity contribution in [2.75, 3.05) is 0 Å². The van der Waals surface area contributed by atoms with Crippen LogP contribution in [-0.4, -0.2) is 24.3 Å². The molecule has 0 N–H and O–H groups in total. The van der Waals surface area contributed by atoms with Crippen LogP contribution in [0.1, 0.15) is 53.4 Å². The average Bonchev–Trinajstić information content (AvgIpc) is 2.24. The van der Waals surface area contributed by atoms with E-state index in [1.807, 2.05) is 0 Å². The minimum Gasteiger partial charge on any atom is -0.338 e. The lowest BCUT2D eigenvalue weighted by Gasteiger charge is -2.29. The molecule has 16 heavy (non-hydrogen) atoms. The Balaban J connectivity index is 2.42. The molecular formula is C14H25BN. The lowest BCUT2D eigenvalue weighted by Crippen LogP contribution is -2.39. The molecule has 0 aliphatic heterocycles. The zero-order chi connectivity index (χ0) is 12.0. The molecule has 0 bridgehead atoms. The lowest BCUT2D eigenvalue weighted by molar-refractivity contribution is 0.315. The largest absolute Gasteiger partial charge is 0.338 e. The Morgan fingerprint density at radius 1 is 1.19 bits per heavy atom. The van der Waals surface area contributed by atoms with E-state index in [0.29, 0.717) is 12.1 Å². The van der Waals surface area contributed by atoms with Gasteiger partial charge in [0.1, 0.15) is 0 Å². The van der Waals surface area contributed by atoms with Crippen LogP contribution < -0.4 is 0 Å². The van der Waals surface area contributed by atoms with Crippen LogP contribution in [0.3, 0.4) is 0 Å². The molecule has 0 fully saturated rings. The molecule has 0 atom stereocenters. The van der Waals surface area contributed by atoms with Gasteiger partial charge in [-0.3, -0.25) is 0 Å². The van der Waals surface area contributed by atoms with E-state index in [9.17, 15) is 0 Å². The highest BCUT2D eigenvalue weighted by atomic mass is 15.1. The fourth-order valence-corrected chi connectivity index (χ4v) is 2.22. The van der Waals surface area contributed by atoms with Crippen molar-refractivity contribution in [2.24, 2.45) is 0 Å². The first kappa shape index (κ1) is 13.6. The summed E-state index contributed by atoms with van der Waals surface area (Å²) in [5, 5.41) is 0. The van der Waals surface area contributed by atoms with Gasteiger partial charge < -0.3 is 4.81 Å². The lowest BCUT2D eigenvalue weighted by atomic mass is 9.85. The topological polar surface area (TPSA) is 3.24 Å². The molecular weight excluding hydrogens is 193 g/mol. The van der Waals surface area contributed by atoms with E-state index in [1.54, 1.807) is 0 Å². The molecule has 89 valence electrons. The fourth-order valence-electron chi connectivity index (χ4n) is 2.22. The summed E-state index contributed by atoms with van der Waals surface area (Å²) in [5.74, 6) is 2.21. The highest BCUT2D eigenvalue weighted by Gasteiger charge is 2.12. The molecule has 1 nitrogen and oxygen atoms in total. The van der Waals surface area contributed by atoms with E-state index in [1.165, 1.54) is 31.3 Å². The summed E-state index contributed by atoms with van der Waals surface area (Å²) in [6.07, 6.45) is 9.89. The molecule has 1 rings (SSSR count). The average molecular weight is 218 g/mol. The Kier molecular flexibility index (Phi) is 5.90. The third-order valence-corrected chi connectivity index (χ3v) is 3.09. The van der Waals surface area contributed by atoms with E-state index in [4.69, 9.17) is 0 Å². The summed E-state index contributed by atoms with van der Waals surface area (Å²) in [7, 11) is 2.23. The second-order valence-corrected chi connectivity index (χ2v) is 5.17. The van der Waals surface area contributed by atoms with Gasteiger partial charge in [-0.25, -0.2) is 0 Å². The maximum absolute atomic E-state index is 2.39. The normalized spacial score (nSPS) is 17.6. The predicted octanol–water partition coefficient (Wildman–Crippen LogP) is 3.74. The maximum atomic E-state index is 2.39. The summed E-state index contributed by atoms with van der Waals surface area (Å²) in [6.45, 7) is 8.96. The minimum absolute atomic E-state index is 0.574. The van der Waals surface area contributed by atoms with E-state index < -0.39 is 0 Å². The van der Waals surface area contributed by atoms with Crippen molar-refractivity contribution in [1.29, 1.82) is 0 Å². The van der Waals surface area contributed by atoms with Gasteiger partial charge in [0.05, 0.1) is 0 Å². The van der Waals surface area contributed by atoms with Gasteiger partial charge in [0.15, 0.2) is 0 Å². The third-order valence-electron chi connectivity index (χ3n) is 3.09. The van der Waals surface area contributed by atoms with E-state index in [0.717, 1.165) is 0 Å². The number of hydrogen-bond donors (Lipinski definition) is 0. The van der Waals surface area contributed by atoms with Crippen LogP contribution >= 0.6 is 0 Å². The fraction of sp³-hybridized carbons (Fsp3) is 0.714. The van der Waals surface area contributed by atoms with E-state index in [-0.39, 0.29) is 0 Å². The summed E-state index contributed by atoms with van der Waals surface area (Å²) in [4.78, 5) is 2.39. The molecule has 0 heterocycles. The summed E-state index contributed by atoms with van der Waals surface area (Å²) in [6, 6.07) is 1.15. The van der Waals surface area contributed by atoms with Gasteiger partial charge in [-0.2, -0.15) is 0 Å². The molecule has 0 aromatic heterocycles. The summed E-state index contributed by atoms with van der Waals surface area (Å²) < 4.78 is 0. The Morgan fingerprint density at radius 3 is 2.38 bits per heavy atom. The van der Waals surface area contributed by atoms with Crippen molar-refractivity contribution in [2.45, 2.75) is 65.5 Å². The molecule has 1 radical (unpaired) electrons. The van der Waals surface area contributed by atoms with Crippen molar-refractivity contribution in [3.8, 4) is 0 Å². The first-order chi connectivity index (χ1) is 7.61. The minimum atomic E-state index is 0.574. The van der Waals surface area contributed by atoms with Gasteiger partial charge in [-0.1, -0.05) is 45.4 Å². The number of allylic oxidation sites excluding steroid dienone is 3. The van der Waals surface area contributed by atoms with E-state index >= 15 is 0 Å². The highest BCUT2D eigenvalue weighted by Crippen LogP contribution is 2.18. The Hall–Kier alpha value is -0.495. The number of rotatable bonds is 5. The molecule has 2 heteroatoms. The smallest absolute Gasteiger partial charge is 0.239 e. The van der Waals surface area contributed by atoms with Gasteiger partial charge in [-0.05, 0) is 37.8 Å². The third kappa shape index (κ3) is 4.57. The first-order valence-electron chi connectivity index (χ1n) is 6.59. The Bertz CT molecular complexity index is 245. The van der Waals surface area contributed by atoms with Gasteiger partial charge in [-0.15, -0.1) is 5.98 Å². The van der Waals surface area contributed by atoms with Crippen LogP contribution in [0.15, 0.2) is 23.7 Å². The van der Waals surface area contributed by atoms with Gasteiger partial charge in [0.2, 0.25) is 7.41 Å². The molecule has 0 spiro atoms. The molecule has 0 aromatic rings. The molecule has 0 saturated carbocycles. The van der Waals surface area contributed by atoms with Crippen LogP contribution in [-0.2, 0) is 0 Å². The maximum Gasteiger partial charge on any atom is 0.239 e.